The van der Waals surface area contributed by atoms with Crippen LogP contribution in [-0.4, -0.2) is 35.0 Å². The zero-order chi connectivity index (χ0) is 20.5. The summed E-state index contributed by atoms with van der Waals surface area (Å²) in [4.78, 5) is 22.3. The summed E-state index contributed by atoms with van der Waals surface area (Å²) in [7, 11) is 0. The minimum absolute atomic E-state index is 0.133. The molecule has 4 aromatic rings. The number of oxazole rings is 1. The first-order valence-electron chi connectivity index (χ1n) is 10.0. The van der Waals surface area contributed by atoms with Crippen molar-refractivity contribution in [3.8, 4) is 11.1 Å². The second kappa shape index (κ2) is 7.67. The van der Waals surface area contributed by atoms with Gasteiger partial charge in [0.05, 0.1) is 6.04 Å². The fraction of sp³-hybridized carbons (Fsp3) is 0.217. The maximum atomic E-state index is 13.1. The van der Waals surface area contributed by atoms with Gasteiger partial charge in [-0.3, -0.25) is 4.79 Å². The predicted octanol–water partition coefficient (Wildman–Crippen LogP) is 4.36. The Bertz CT molecular complexity index is 1150. The van der Waals surface area contributed by atoms with Crippen molar-refractivity contribution < 1.29 is 13.6 Å². The summed E-state index contributed by atoms with van der Waals surface area (Å²) >= 11 is 0. The van der Waals surface area contributed by atoms with Crippen LogP contribution in [0.4, 0.5) is 10.4 Å². The summed E-state index contributed by atoms with van der Waals surface area (Å²) in [6.07, 6.45) is 3.74. The number of amides is 1. The Kier molecular flexibility index (Phi) is 4.71. The molecule has 1 aliphatic rings. The van der Waals surface area contributed by atoms with E-state index in [1.807, 2.05) is 24.3 Å². The van der Waals surface area contributed by atoms with Gasteiger partial charge in [0.25, 0.3) is 11.9 Å². The molecule has 1 atom stereocenters. The summed E-state index contributed by atoms with van der Waals surface area (Å²) in [6.45, 7) is 1.35. The van der Waals surface area contributed by atoms with Crippen LogP contribution in [0.15, 0.2) is 65.2 Å². The minimum Gasteiger partial charge on any atom is -0.423 e. The van der Waals surface area contributed by atoms with Gasteiger partial charge in [0.15, 0.2) is 5.58 Å². The van der Waals surface area contributed by atoms with Crippen LogP contribution in [0.1, 0.15) is 23.3 Å². The highest BCUT2D eigenvalue weighted by molar-refractivity contribution is 5.94. The third-order valence-corrected chi connectivity index (χ3v) is 5.51. The molecule has 0 spiro atoms. The molecule has 1 aliphatic heterocycles. The molecular weight excluding hydrogens is 383 g/mol. The van der Waals surface area contributed by atoms with E-state index in [4.69, 9.17) is 4.42 Å². The van der Waals surface area contributed by atoms with Gasteiger partial charge in [-0.1, -0.05) is 24.3 Å². The highest BCUT2D eigenvalue weighted by Crippen LogP contribution is 2.28. The molecule has 2 N–H and O–H groups in total. The number of halogens is 1. The van der Waals surface area contributed by atoms with E-state index >= 15 is 0 Å². The lowest BCUT2D eigenvalue weighted by Gasteiger charge is -2.22. The van der Waals surface area contributed by atoms with Gasteiger partial charge in [0, 0.05) is 19.3 Å². The number of carbonyl (C=O) groups is 1. The Morgan fingerprint density at radius 3 is 2.87 bits per heavy atom. The Hall–Kier alpha value is -3.61. The van der Waals surface area contributed by atoms with Crippen molar-refractivity contribution in [2.24, 2.45) is 0 Å². The molecular formula is C23H21FN4O2. The average molecular weight is 404 g/mol. The molecule has 0 bridgehead atoms. The molecule has 2 aromatic heterocycles. The van der Waals surface area contributed by atoms with Gasteiger partial charge < -0.3 is 19.6 Å². The van der Waals surface area contributed by atoms with Crippen LogP contribution in [0, 0.1) is 5.82 Å². The van der Waals surface area contributed by atoms with E-state index in [1.54, 1.807) is 24.4 Å². The van der Waals surface area contributed by atoms with E-state index in [-0.39, 0.29) is 17.8 Å². The minimum atomic E-state index is -0.285. The van der Waals surface area contributed by atoms with Crippen LogP contribution in [0.5, 0.6) is 0 Å². The molecule has 5 rings (SSSR count). The molecule has 6 nitrogen and oxygen atoms in total. The lowest BCUT2D eigenvalue weighted by atomic mass is 10.1. The highest BCUT2D eigenvalue weighted by Gasteiger charge is 2.29. The topological polar surface area (TPSA) is 74.2 Å². The number of carbonyl (C=O) groups excluding carboxylic acids is 1. The van der Waals surface area contributed by atoms with E-state index in [2.05, 4.69) is 20.2 Å². The van der Waals surface area contributed by atoms with Crippen molar-refractivity contribution in [1.82, 2.24) is 15.3 Å². The van der Waals surface area contributed by atoms with E-state index in [1.165, 1.54) is 12.1 Å². The summed E-state index contributed by atoms with van der Waals surface area (Å²) in [6, 6.07) is 16.4. The molecule has 30 heavy (non-hydrogen) atoms. The number of aromatic nitrogens is 2. The zero-order valence-electron chi connectivity index (χ0n) is 16.3. The molecule has 7 heteroatoms. The molecule has 3 heterocycles. The number of hydrogen-bond donors (Lipinski definition) is 2. The summed E-state index contributed by atoms with van der Waals surface area (Å²) < 4.78 is 19.0. The molecule has 0 saturated carbocycles. The number of para-hydroxylation sites is 2. The number of benzene rings is 2. The SMILES string of the molecule is O=C(NCC1CCCN1c1nc2ccccc2o1)c1cc(-c2ccc(F)cc2)c[nH]1. The second-order valence-corrected chi connectivity index (χ2v) is 7.47. The second-order valence-electron chi connectivity index (χ2n) is 7.47. The monoisotopic (exact) mass is 404 g/mol. The number of aromatic amines is 1. The van der Waals surface area contributed by atoms with Crippen molar-refractivity contribution in [2.45, 2.75) is 18.9 Å². The number of nitrogens with zero attached hydrogens (tertiary/aromatic N) is 2. The third kappa shape index (κ3) is 3.54. The Morgan fingerprint density at radius 1 is 1.20 bits per heavy atom. The molecule has 1 fully saturated rings. The number of hydrogen-bond acceptors (Lipinski definition) is 4. The molecule has 1 unspecified atom stereocenters. The Labute approximate surface area is 172 Å². The normalized spacial score (nSPS) is 16.3. The first-order valence-corrected chi connectivity index (χ1v) is 10.0. The quantitative estimate of drug-likeness (QED) is 0.518. The fourth-order valence-electron chi connectivity index (χ4n) is 3.92. The first kappa shape index (κ1) is 18.4. The van der Waals surface area contributed by atoms with Crippen molar-refractivity contribution in [1.29, 1.82) is 0 Å². The van der Waals surface area contributed by atoms with Crippen LogP contribution >= 0.6 is 0 Å². The number of anilines is 1. The summed E-state index contributed by atoms with van der Waals surface area (Å²) in [5, 5.41) is 3.01. The van der Waals surface area contributed by atoms with Gasteiger partial charge in [0.2, 0.25) is 0 Å². The fourth-order valence-corrected chi connectivity index (χ4v) is 3.92. The lowest BCUT2D eigenvalue weighted by molar-refractivity contribution is 0.0947. The van der Waals surface area contributed by atoms with Gasteiger partial charge >= 0.3 is 0 Å². The summed E-state index contributed by atoms with van der Waals surface area (Å²) in [5.41, 5.74) is 3.77. The smallest absolute Gasteiger partial charge is 0.298 e. The zero-order valence-corrected chi connectivity index (χ0v) is 16.3. The van der Waals surface area contributed by atoms with Gasteiger partial charge in [-0.2, -0.15) is 4.98 Å². The maximum absolute atomic E-state index is 13.1. The molecule has 1 amide bonds. The van der Waals surface area contributed by atoms with Gasteiger partial charge in [-0.25, -0.2) is 4.39 Å². The maximum Gasteiger partial charge on any atom is 0.298 e. The van der Waals surface area contributed by atoms with Gasteiger partial charge in [0.1, 0.15) is 17.0 Å². The molecule has 0 radical (unpaired) electrons. The molecule has 1 saturated heterocycles. The van der Waals surface area contributed by atoms with Gasteiger partial charge in [-0.15, -0.1) is 0 Å². The average Bonchev–Trinajstić information content (AvgIpc) is 3.51. The Balaban J connectivity index is 1.25. The first-order chi connectivity index (χ1) is 14.7. The van der Waals surface area contributed by atoms with Crippen molar-refractivity contribution in [3.63, 3.8) is 0 Å². The van der Waals surface area contributed by atoms with E-state index in [0.717, 1.165) is 41.6 Å². The molecule has 152 valence electrons. The standard InChI is InChI=1S/C23H21FN4O2/c24-17-9-7-15(8-10-17)16-12-20(25-13-16)22(29)26-14-18-4-3-11-28(18)23-27-19-5-1-2-6-21(19)30-23/h1-2,5-10,12-13,18,25H,3-4,11,14H2,(H,26,29). The predicted molar refractivity (Wildman–Crippen MR) is 113 cm³/mol. The lowest BCUT2D eigenvalue weighted by Crippen LogP contribution is -2.40. The van der Waals surface area contributed by atoms with Crippen LogP contribution in [0.2, 0.25) is 0 Å². The largest absolute Gasteiger partial charge is 0.423 e. The number of H-pyrrole nitrogens is 1. The van der Waals surface area contributed by atoms with E-state index < -0.39 is 0 Å². The van der Waals surface area contributed by atoms with E-state index in [0.29, 0.717) is 18.3 Å². The Morgan fingerprint density at radius 2 is 2.03 bits per heavy atom. The summed E-state index contributed by atoms with van der Waals surface area (Å²) in [5.74, 6) is -0.458. The van der Waals surface area contributed by atoms with Crippen molar-refractivity contribution in [3.05, 3.63) is 72.3 Å². The number of fused-ring (bicyclic) bond motifs is 1. The third-order valence-electron chi connectivity index (χ3n) is 5.51. The van der Waals surface area contributed by atoms with Crippen LogP contribution in [0.3, 0.4) is 0 Å². The molecule has 0 aliphatic carbocycles. The van der Waals surface area contributed by atoms with Gasteiger partial charge in [-0.05, 0) is 54.3 Å². The van der Waals surface area contributed by atoms with E-state index in [9.17, 15) is 9.18 Å². The van der Waals surface area contributed by atoms with Crippen molar-refractivity contribution in [2.75, 3.05) is 18.0 Å². The van der Waals surface area contributed by atoms with Crippen LogP contribution < -0.4 is 10.2 Å². The van der Waals surface area contributed by atoms with Crippen molar-refractivity contribution >= 4 is 23.0 Å². The molecule has 2 aromatic carbocycles. The van der Waals surface area contributed by atoms with Crippen LogP contribution in [-0.2, 0) is 0 Å². The number of rotatable bonds is 5. The highest BCUT2D eigenvalue weighted by atomic mass is 19.1. The number of nitrogens with one attached hydrogen (secondary N) is 2. The van der Waals surface area contributed by atoms with Crippen LogP contribution in [0.25, 0.3) is 22.2 Å².